The third-order valence-electron chi connectivity index (χ3n) is 5.85. The van der Waals surface area contributed by atoms with Crippen LogP contribution in [0.15, 0.2) is 42.5 Å². The molecule has 0 heterocycles. The summed E-state index contributed by atoms with van der Waals surface area (Å²) in [6.45, 7) is 14.7. The lowest BCUT2D eigenvalue weighted by Crippen LogP contribution is -2.54. The van der Waals surface area contributed by atoms with E-state index in [0.717, 1.165) is 5.56 Å². The van der Waals surface area contributed by atoms with Crippen molar-refractivity contribution in [2.75, 3.05) is 11.9 Å². The van der Waals surface area contributed by atoms with Crippen molar-refractivity contribution < 1.29 is 24.2 Å². The van der Waals surface area contributed by atoms with Gasteiger partial charge in [-0.3, -0.25) is 9.59 Å². The lowest BCUT2D eigenvalue weighted by Gasteiger charge is -2.35. The molecular weight excluding hydrogens is 470 g/mol. The molecule has 0 aliphatic rings. The Bertz CT molecular complexity index is 1110. The molecule has 2 atom stereocenters. The van der Waals surface area contributed by atoms with E-state index >= 15 is 0 Å². The number of alkyl carbamates (subject to hydrolysis) is 1. The minimum atomic E-state index is -0.993. The molecule has 0 spiro atoms. The Morgan fingerprint density at radius 2 is 1.68 bits per heavy atom. The molecule has 2 rings (SSSR count). The highest BCUT2D eigenvalue weighted by atomic mass is 16.6. The van der Waals surface area contributed by atoms with E-state index in [0.29, 0.717) is 23.2 Å². The number of anilines is 1. The summed E-state index contributed by atoms with van der Waals surface area (Å²) in [6.07, 6.45) is -0.105. The number of nitrogens with zero attached hydrogens (tertiary/aromatic N) is 1. The average molecular weight is 512 g/mol. The van der Waals surface area contributed by atoms with Gasteiger partial charge in [-0.05, 0) is 81.8 Å². The zero-order valence-corrected chi connectivity index (χ0v) is 23.2. The summed E-state index contributed by atoms with van der Waals surface area (Å²) >= 11 is 0. The SMILES string of the molecule is CCCN(C(=O)C(NC(=O)OC(C)(C)C)C(C)C)C(C(=O)Nc1ccccc1C)c1ccc(O)c(C)c1. The number of ether oxygens (including phenoxy) is 1. The Balaban J connectivity index is 2.53. The Morgan fingerprint density at radius 1 is 1.03 bits per heavy atom. The molecule has 3 amide bonds. The first-order valence-corrected chi connectivity index (χ1v) is 12.7. The Labute approximate surface area is 220 Å². The molecule has 0 fully saturated rings. The summed E-state index contributed by atoms with van der Waals surface area (Å²) < 4.78 is 5.39. The minimum absolute atomic E-state index is 0.0989. The molecule has 0 radical (unpaired) electrons. The summed E-state index contributed by atoms with van der Waals surface area (Å²) in [5, 5.41) is 15.8. The maximum atomic E-state index is 14.0. The van der Waals surface area contributed by atoms with Crippen LogP contribution < -0.4 is 10.6 Å². The number of carbonyl (C=O) groups excluding carboxylic acids is 3. The van der Waals surface area contributed by atoms with Crippen molar-refractivity contribution in [1.82, 2.24) is 10.2 Å². The van der Waals surface area contributed by atoms with E-state index in [9.17, 15) is 19.5 Å². The van der Waals surface area contributed by atoms with Crippen LogP contribution >= 0.6 is 0 Å². The van der Waals surface area contributed by atoms with E-state index in [2.05, 4.69) is 10.6 Å². The number of hydrogen-bond acceptors (Lipinski definition) is 5. The van der Waals surface area contributed by atoms with Crippen LogP contribution in [0.4, 0.5) is 10.5 Å². The number of nitrogens with one attached hydrogen (secondary N) is 2. The fourth-order valence-electron chi connectivity index (χ4n) is 3.97. The molecule has 0 saturated heterocycles. The van der Waals surface area contributed by atoms with Gasteiger partial charge in [-0.2, -0.15) is 0 Å². The second kappa shape index (κ2) is 12.6. The quantitative estimate of drug-likeness (QED) is 0.413. The Kier molecular flexibility index (Phi) is 10.1. The van der Waals surface area contributed by atoms with Crippen molar-refractivity contribution >= 4 is 23.6 Å². The van der Waals surface area contributed by atoms with Crippen LogP contribution in [0, 0.1) is 19.8 Å². The zero-order chi connectivity index (χ0) is 27.9. The van der Waals surface area contributed by atoms with Crippen molar-refractivity contribution in [2.24, 2.45) is 5.92 Å². The molecule has 3 N–H and O–H groups in total. The van der Waals surface area contributed by atoms with Gasteiger partial charge in [0.15, 0.2) is 0 Å². The topological polar surface area (TPSA) is 108 Å². The Morgan fingerprint density at radius 3 is 2.22 bits per heavy atom. The summed E-state index contributed by atoms with van der Waals surface area (Å²) in [5.74, 6) is -0.942. The van der Waals surface area contributed by atoms with Crippen LogP contribution in [0.1, 0.15) is 70.7 Å². The van der Waals surface area contributed by atoms with Crippen molar-refractivity contribution in [3.8, 4) is 5.75 Å². The third kappa shape index (κ3) is 8.23. The van der Waals surface area contributed by atoms with Gasteiger partial charge in [0.25, 0.3) is 5.91 Å². The largest absolute Gasteiger partial charge is 0.508 e. The number of hydrogen-bond donors (Lipinski definition) is 3. The van der Waals surface area contributed by atoms with Gasteiger partial charge in [0.2, 0.25) is 5.91 Å². The van der Waals surface area contributed by atoms with E-state index in [-0.39, 0.29) is 24.1 Å². The molecule has 0 aromatic heterocycles. The number of benzene rings is 2. The van der Waals surface area contributed by atoms with E-state index in [1.165, 1.54) is 11.0 Å². The van der Waals surface area contributed by atoms with Crippen LogP contribution in [0.3, 0.4) is 0 Å². The number of aromatic hydroxyl groups is 1. The van der Waals surface area contributed by atoms with Gasteiger partial charge in [-0.25, -0.2) is 4.79 Å². The predicted molar refractivity (Wildman–Crippen MR) is 145 cm³/mol. The maximum absolute atomic E-state index is 14.0. The lowest BCUT2D eigenvalue weighted by molar-refractivity contribution is -0.141. The number of phenolic OH excluding ortho intramolecular Hbond substituents is 1. The minimum Gasteiger partial charge on any atom is -0.508 e. The first kappa shape index (κ1) is 29.7. The van der Waals surface area contributed by atoms with E-state index in [4.69, 9.17) is 4.74 Å². The van der Waals surface area contributed by atoms with Gasteiger partial charge < -0.3 is 25.4 Å². The fourth-order valence-corrected chi connectivity index (χ4v) is 3.97. The second-order valence-electron chi connectivity index (χ2n) is 10.7. The van der Waals surface area contributed by atoms with Gasteiger partial charge in [0, 0.05) is 12.2 Å². The highest BCUT2D eigenvalue weighted by Gasteiger charge is 2.37. The summed E-state index contributed by atoms with van der Waals surface area (Å²) in [4.78, 5) is 41.9. The molecule has 0 aliphatic carbocycles. The monoisotopic (exact) mass is 511 g/mol. The number of phenols is 1. The highest BCUT2D eigenvalue weighted by molar-refractivity contribution is 5.99. The summed E-state index contributed by atoms with van der Waals surface area (Å²) in [6, 6.07) is 10.4. The standard InChI is InChI=1S/C29H41N3O5/c1-9-16-32(27(35)24(18(2)3)31-28(36)37-29(6,7)8)25(21-14-15-23(33)20(5)17-21)26(34)30-22-13-11-10-12-19(22)4/h10-15,17-18,24-25,33H,9,16H2,1-8H3,(H,30,34)(H,31,36). The first-order valence-electron chi connectivity index (χ1n) is 12.7. The molecule has 0 aliphatic heterocycles. The number of aryl methyl sites for hydroxylation is 2. The van der Waals surface area contributed by atoms with Crippen molar-refractivity contribution in [2.45, 2.75) is 79.5 Å². The Hall–Kier alpha value is -3.55. The second-order valence-corrected chi connectivity index (χ2v) is 10.7. The van der Waals surface area contributed by atoms with Crippen LogP contribution in [-0.2, 0) is 14.3 Å². The molecular formula is C29H41N3O5. The highest BCUT2D eigenvalue weighted by Crippen LogP contribution is 2.29. The summed E-state index contributed by atoms with van der Waals surface area (Å²) in [5.41, 5.74) is 1.95. The lowest BCUT2D eigenvalue weighted by atomic mass is 9.97. The van der Waals surface area contributed by atoms with Crippen molar-refractivity contribution in [1.29, 1.82) is 0 Å². The normalized spacial score (nSPS) is 13.0. The number of para-hydroxylation sites is 1. The number of rotatable bonds is 9. The van der Waals surface area contributed by atoms with Crippen LogP contribution in [0.5, 0.6) is 5.75 Å². The smallest absolute Gasteiger partial charge is 0.408 e. The van der Waals surface area contributed by atoms with Crippen LogP contribution in [0.25, 0.3) is 0 Å². The molecule has 0 bridgehead atoms. The fraction of sp³-hybridized carbons (Fsp3) is 0.483. The van der Waals surface area contributed by atoms with Gasteiger partial charge in [-0.15, -0.1) is 0 Å². The van der Waals surface area contributed by atoms with Gasteiger partial charge in [0.05, 0.1) is 0 Å². The molecule has 2 unspecified atom stereocenters. The van der Waals surface area contributed by atoms with E-state index in [1.807, 2.05) is 45.9 Å². The molecule has 37 heavy (non-hydrogen) atoms. The predicted octanol–water partition coefficient (Wildman–Crippen LogP) is 5.48. The molecule has 2 aromatic rings. The van der Waals surface area contributed by atoms with Crippen LogP contribution in [-0.4, -0.2) is 46.1 Å². The van der Waals surface area contributed by atoms with E-state index < -0.39 is 29.7 Å². The third-order valence-corrected chi connectivity index (χ3v) is 5.85. The number of amides is 3. The van der Waals surface area contributed by atoms with Crippen molar-refractivity contribution in [3.63, 3.8) is 0 Å². The van der Waals surface area contributed by atoms with Gasteiger partial charge >= 0.3 is 6.09 Å². The number of carbonyl (C=O) groups is 3. The zero-order valence-electron chi connectivity index (χ0n) is 23.2. The van der Waals surface area contributed by atoms with Crippen molar-refractivity contribution in [3.05, 3.63) is 59.2 Å². The molecule has 202 valence electrons. The summed E-state index contributed by atoms with van der Waals surface area (Å²) in [7, 11) is 0. The molecule has 8 nitrogen and oxygen atoms in total. The molecule has 2 aromatic carbocycles. The average Bonchev–Trinajstić information content (AvgIpc) is 2.79. The molecule has 8 heteroatoms. The van der Waals surface area contributed by atoms with E-state index in [1.54, 1.807) is 45.9 Å². The maximum Gasteiger partial charge on any atom is 0.408 e. The first-order chi connectivity index (χ1) is 17.2. The van der Waals surface area contributed by atoms with Crippen LogP contribution in [0.2, 0.25) is 0 Å². The van der Waals surface area contributed by atoms with Gasteiger partial charge in [-0.1, -0.05) is 45.0 Å². The molecule has 0 saturated carbocycles. The van der Waals surface area contributed by atoms with Gasteiger partial charge in [0.1, 0.15) is 23.4 Å².